The molecule has 15 heteroatoms. The van der Waals surface area contributed by atoms with Crippen LogP contribution in [0.25, 0.3) is 11.0 Å². The lowest BCUT2D eigenvalue weighted by molar-refractivity contribution is 0.172. The molecule has 0 aliphatic heterocycles. The number of rotatable bonds is 11. The molecule has 2 aromatic heterocycles. The van der Waals surface area contributed by atoms with E-state index in [4.69, 9.17) is 25.5 Å². The molecule has 4 aromatic rings. The average Bonchev–Trinajstić information content (AvgIpc) is 2.97. The van der Waals surface area contributed by atoms with Crippen LogP contribution in [0.15, 0.2) is 57.9 Å². The summed E-state index contributed by atoms with van der Waals surface area (Å²) in [4.78, 5) is 30.9. The highest BCUT2D eigenvalue weighted by molar-refractivity contribution is 7.90. The second kappa shape index (κ2) is 13.4. The van der Waals surface area contributed by atoms with E-state index in [1.807, 2.05) is 6.07 Å². The number of methoxy groups -OCH3 is 1. The number of carbonyl (C=O) groups is 1. The van der Waals surface area contributed by atoms with Gasteiger partial charge in [-0.05, 0) is 28.8 Å². The number of benzene rings is 2. The molecule has 0 aliphatic carbocycles. The van der Waals surface area contributed by atoms with E-state index in [9.17, 15) is 18.0 Å². The van der Waals surface area contributed by atoms with Crippen molar-refractivity contribution < 1.29 is 31.5 Å². The molecule has 0 unspecified atom stereocenters. The number of nitrogens with zero attached hydrogens (tertiary/aromatic N) is 2. The fourth-order valence-corrected chi connectivity index (χ4v) is 4.85. The number of hydrogen-bond donors (Lipinski definition) is 3. The molecule has 0 atom stereocenters. The molecule has 0 saturated carbocycles. The van der Waals surface area contributed by atoms with Gasteiger partial charge in [-0.1, -0.05) is 29.8 Å². The first kappa shape index (κ1) is 31.7. The first-order chi connectivity index (χ1) is 20.4. The zero-order valence-electron chi connectivity index (χ0n) is 23.7. The number of fused-ring (bicyclic) bond motifs is 1. The summed E-state index contributed by atoms with van der Waals surface area (Å²) in [5, 5.41) is 3.77. The van der Waals surface area contributed by atoms with E-state index >= 15 is 4.39 Å². The normalized spacial score (nSPS) is 11.4. The van der Waals surface area contributed by atoms with Crippen LogP contribution >= 0.6 is 11.6 Å². The van der Waals surface area contributed by atoms with Gasteiger partial charge in [-0.3, -0.25) is 4.72 Å². The average molecular weight is 634 g/mol. The van der Waals surface area contributed by atoms with Crippen LogP contribution in [0.1, 0.15) is 22.3 Å². The van der Waals surface area contributed by atoms with Crippen molar-refractivity contribution in [3.05, 3.63) is 92.2 Å². The van der Waals surface area contributed by atoms with Crippen molar-refractivity contribution in [2.45, 2.75) is 19.5 Å². The molecule has 0 fully saturated rings. The molecule has 1 amide bonds. The van der Waals surface area contributed by atoms with E-state index in [0.29, 0.717) is 23.4 Å². The number of carbonyl (C=O) groups excluding carboxylic acids is 1. The van der Waals surface area contributed by atoms with Crippen molar-refractivity contribution in [2.75, 3.05) is 33.0 Å². The van der Waals surface area contributed by atoms with Gasteiger partial charge < -0.3 is 24.1 Å². The Bertz CT molecular complexity index is 1820. The predicted molar refractivity (Wildman–Crippen MR) is 159 cm³/mol. The number of pyridine rings is 1. The van der Waals surface area contributed by atoms with Gasteiger partial charge in [-0.25, -0.2) is 23.7 Å². The molecule has 0 saturated heterocycles. The summed E-state index contributed by atoms with van der Waals surface area (Å²) < 4.78 is 59.5. The number of ether oxygens (including phenoxy) is 2. The highest BCUT2D eigenvalue weighted by atomic mass is 35.5. The van der Waals surface area contributed by atoms with E-state index in [2.05, 4.69) is 19.7 Å². The molecule has 2 heterocycles. The molecule has 2 aromatic carbocycles. The van der Waals surface area contributed by atoms with Crippen LogP contribution in [-0.2, 0) is 29.7 Å². The van der Waals surface area contributed by atoms with E-state index in [1.165, 1.54) is 63.5 Å². The second-order valence-electron chi connectivity index (χ2n) is 9.47. The van der Waals surface area contributed by atoms with Crippen molar-refractivity contribution in [2.24, 2.45) is 0 Å². The first-order valence-electron chi connectivity index (χ1n) is 12.8. The molecular formula is C28H29ClFN5O7S. The third-order valence-corrected chi connectivity index (χ3v) is 7.65. The summed E-state index contributed by atoms with van der Waals surface area (Å²) in [6.45, 7) is 0.490. The number of hydrogen-bond acceptors (Lipinski definition) is 9. The molecular weight excluding hydrogens is 605 g/mol. The number of amides is 1. The maximum Gasteiger partial charge on any atom is 0.414 e. The van der Waals surface area contributed by atoms with E-state index in [0.717, 1.165) is 5.56 Å². The maximum atomic E-state index is 15.4. The number of aromatic nitrogens is 1. The molecule has 12 nitrogen and oxygen atoms in total. The Hall–Kier alpha value is -4.24. The van der Waals surface area contributed by atoms with Gasteiger partial charge in [0.25, 0.3) is 10.2 Å². The third-order valence-electron chi connectivity index (χ3n) is 6.33. The molecule has 0 spiro atoms. The minimum absolute atomic E-state index is 0.0115. The van der Waals surface area contributed by atoms with Gasteiger partial charge in [-0.2, -0.15) is 8.42 Å². The topological polar surface area (TPSA) is 152 Å². The van der Waals surface area contributed by atoms with E-state index in [1.54, 1.807) is 12.3 Å². The Labute approximate surface area is 251 Å². The molecule has 228 valence electrons. The Morgan fingerprint density at radius 1 is 1.14 bits per heavy atom. The quantitative estimate of drug-likeness (QED) is 0.209. The van der Waals surface area contributed by atoms with Gasteiger partial charge in [0.2, 0.25) is 5.88 Å². The Morgan fingerprint density at radius 2 is 1.91 bits per heavy atom. The van der Waals surface area contributed by atoms with Crippen LogP contribution in [0.5, 0.6) is 11.6 Å². The zero-order chi connectivity index (χ0) is 31.3. The van der Waals surface area contributed by atoms with Gasteiger partial charge in [0.1, 0.15) is 5.58 Å². The molecule has 4 rings (SSSR count). The lowest BCUT2D eigenvalue weighted by Crippen LogP contribution is -2.27. The predicted octanol–water partition coefficient (Wildman–Crippen LogP) is 3.81. The van der Waals surface area contributed by atoms with Crippen LogP contribution in [0.4, 0.5) is 14.9 Å². The number of halogens is 2. The summed E-state index contributed by atoms with van der Waals surface area (Å²) in [5.41, 5.74) is 0.503. The summed E-state index contributed by atoms with van der Waals surface area (Å²) in [5.74, 6) is -0.407. The minimum Gasteiger partial charge on any atom is -0.481 e. The van der Waals surface area contributed by atoms with Crippen LogP contribution in [0.2, 0.25) is 5.02 Å². The number of anilines is 1. The van der Waals surface area contributed by atoms with E-state index < -0.39 is 27.7 Å². The number of nitrogens with one attached hydrogen (secondary N) is 3. The van der Waals surface area contributed by atoms with Gasteiger partial charge in [-0.15, -0.1) is 0 Å². The van der Waals surface area contributed by atoms with Crippen LogP contribution in [0, 0.1) is 5.82 Å². The van der Waals surface area contributed by atoms with Gasteiger partial charge in [0.05, 0.1) is 17.8 Å². The molecule has 0 bridgehead atoms. The fraction of sp³-hybridized carbons (Fsp3) is 0.250. The van der Waals surface area contributed by atoms with Gasteiger partial charge in [0, 0.05) is 69.9 Å². The SMILES string of the molecule is CNS(=O)(=O)Nc1cccc(Cc2c(CNCc3ccc(OC)nc3)c3cc(Cl)c(OC(=O)N(C)C)cc3oc2=O)c1F. The van der Waals surface area contributed by atoms with Crippen LogP contribution < -0.4 is 29.9 Å². The smallest absolute Gasteiger partial charge is 0.414 e. The lowest BCUT2D eigenvalue weighted by atomic mass is 9.97. The highest BCUT2D eigenvalue weighted by Gasteiger charge is 2.21. The van der Waals surface area contributed by atoms with Gasteiger partial charge in [0.15, 0.2) is 11.6 Å². The zero-order valence-corrected chi connectivity index (χ0v) is 25.2. The highest BCUT2D eigenvalue weighted by Crippen LogP contribution is 2.33. The van der Waals surface area contributed by atoms with Gasteiger partial charge >= 0.3 is 11.7 Å². The first-order valence-corrected chi connectivity index (χ1v) is 14.6. The lowest BCUT2D eigenvalue weighted by Gasteiger charge is -2.16. The molecule has 43 heavy (non-hydrogen) atoms. The summed E-state index contributed by atoms with van der Waals surface area (Å²) in [7, 11) is 1.71. The molecule has 0 aliphatic rings. The second-order valence-corrected chi connectivity index (χ2v) is 11.5. The van der Waals surface area contributed by atoms with Crippen LogP contribution in [-0.4, -0.2) is 52.6 Å². The molecule has 3 N–H and O–H groups in total. The largest absolute Gasteiger partial charge is 0.481 e. The standard InChI is InChI=1S/C28H29ClFN5O7S/c1-31-43(38,39)34-22-7-5-6-17(26(22)30)10-19-20(15-32-13-16-8-9-25(40-4)33-14-16)18-11-21(29)24(42-28(37)35(2)3)12-23(18)41-27(19)36/h5-9,11-12,14,31-32,34H,10,13,15H2,1-4H3. The summed E-state index contributed by atoms with van der Waals surface area (Å²) >= 11 is 6.47. The monoisotopic (exact) mass is 633 g/mol. The third kappa shape index (κ3) is 7.59. The summed E-state index contributed by atoms with van der Waals surface area (Å²) in [6.07, 6.45) is 0.731. The van der Waals surface area contributed by atoms with Crippen molar-refractivity contribution in [1.82, 2.24) is 19.9 Å². The Kier molecular flexibility index (Phi) is 9.86. The van der Waals surface area contributed by atoms with Crippen LogP contribution in [0.3, 0.4) is 0 Å². The Balaban J connectivity index is 1.77. The van der Waals surface area contributed by atoms with Crippen molar-refractivity contribution in [3.63, 3.8) is 0 Å². The van der Waals surface area contributed by atoms with Crippen molar-refractivity contribution in [3.8, 4) is 11.6 Å². The minimum atomic E-state index is -3.99. The fourth-order valence-electron chi connectivity index (χ4n) is 4.10. The maximum absolute atomic E-state index is 15.4. The summed E-state index contributed by atoms with van der Waals surface area (Å²) in [6, 6.07) is 10.5. The van der Waals surface area contributed by atoms with Crippen molar-refractivity contribution in [1.29, 1.82) is 0 Å². The van der Waals surface area contributed by atoms with E-state index in [-0.39, 0.29) is 46.1 Å². The Morgan fingerprint density at radius 3 is 2.56 bits per heavy atom. The van der Waals surface area contributed by atoms with Crippen molar-refractivity contribution >= 4 is 44.6 Å². The molecule has 0 radical (unpaired) electrons.